The van der Waals surface area contributed by atoms with E-state index in [4.69, 9.17) is 15.7 Å². The summed E-state index contributed by atoms with van der Waals surface area (Å²) >= 11 is 0. The first kappa shape index (κ1) is 23.0. The predicted octanol–water partition coefficient (Wildman–Crippen LogP) is 2.80. The van der Waals surface area contributed by atoms with Gasteiger partial charge in [-0.1, -0.05) is 12.1 Å². The standard InChI is InChI=1S/C25H23FN8O2/c1-36-18-5-2-15(3-6-18)16-10-22-24(19(25(28)35)12-29-34(22)13-16)30-21-8-9-33(14-20(21)26)23-7-4-17(11-27)31-32-23/h2-7,10,12-13,20-21,30H,8-9,14H2,1H3,(H2,28,35)/t20-,21-/m1/s1. The van der Waals surface area contributed by atoms with E-state index in [0.29, 0.717) is 30.0 Å². The van der Waals surface area contributed by atoms with E-state index in [1.165, 1.54) is 6.20 Å². The average molecular weight is 487 g/mol. The first-order valence-corrected chi connectivity index (χ1v) is 11.3. The van der Waals surface area contributed by atoms with Crippen molar-refractivity contribution in [2.75, 3.05) is 30.4 Å². The number of fused-ring (bicyclic) bond motifs is 1. The van der Waals surface area contributed by atoms with Crippen LogP contribution in [-0.2, 0) is 0 Å². The second kappa shape index (κ2) is 9.50. The number of carbonyl (C=O) groups is 1. The molecule has 1 fully saturated rings. The Hall–Kier alpha value is -4.72. The molecule has 1 amide bonds. The van der Waals surface area contributed by atoms with Crippen LogP contribution in [0.3, 0.4) is 0 Å². The van der Waals surface area contributed by atoms with Crippen LogP contribution >= 0.6 is 0 Å². The lowest BCUT2D eigenvalue weighted by Crippen LogP contribution is -2.48. The maximum absolute atomic E-state index is 15.3. The van der Waals surface area contributed by atoms with Crippen molar-refractivity contribution >= 4 is 22.9 Å². The van der Waals surface area contributed by atoms with Crippen LogP contribution in [-0.4, -0.2) is 58.1 Å². The number of halogens is 1. The van der Waals surface area contributed by atoms with Gasteiger partial charge in [-0.3, -0.25) is 4.79 Å². The Morgan fingerprint density at radius 1 is 1.22 bits per heavy atom. The van der Waals surface area contributed by atoms with Crippen LogP contribution in [0.5, 0.6) is 5.75 Å². The van der Waals surface area contributed by atoms with Gasteiger partial charge in [0.1, 0.15) is 18.0 Å². The molecule has 0 spiro atoms. The fourth-order valence-corrected chi connectivity index (χ4v) is 4.35. The number of rotatable bonds is 6. The third-order valence-corrected chi connectivity index (χ3v) is 6.29. The largest absolute Gasteiger partial charge is 0.497 e. The van der Waals surface area contributed by atoms with Crippen LogP contribution in [0, 0.1) is 11.3 Å². The Balaban J connectivity index is 1.42. The lowest BCUT2D eigenvalue weighted by Gasteiger charge is -2.36. The topological polar surface area (TPSA) is 134 Å². The molecule has 3 aromatic heterocycles. The van der Waals surface area contributed by atoms with Gasteiger partial charge in [-0.2, -0.15) is 10.4 Å². The summed E-state index contributed by atoms with van der Waals surface area (Å²) in [5, 5.41) is 24.3. The number of amides is 1. The second-order valence-corrected chi connectivity index (χ2v) is 8.47. The summed E-state index contributed by atoms with van der Waals surface area (Å²) in [5.74, 6) is 0.599. The highest BCUT2D eigenvalue weighted by Gasteiger charge is 2.31. The van der Waals surface area contributed by atoms with Crippen LogP contribution in [0.2, 0.25) is 0 Å². The number of aromatic nitrogens is 4. The molecule has 36 heavy (non-hydrogen) atoms. The number of anilines is 2. The molecule has 0 aliphatic carbocycles. The predicted molar refractivity (Wildman–Crippen MR) is 132 cm³/mol. The van der Waals surface area contributed by atoms with Crippen molar-refractivity contribution < 1.29 is 13.9 Å². The Morgan fingerprint density at radius 3 is 2.67 bits per heavy atom. The molecule has 182 valence electrons. The van der Waals surface area contributed by atoms with Gasteiger partial charge in [-0.25, -0.2) is 8.91 Å². The third-order valence-electron chi connectivity index (χ3n) is 6.29. The zero-order chi connectivity index (χ0) is 25.2. The van der Waals surface area contributed by atoms with E-state index < -0.39 is 18.1 Å². The van der Waals surface area contributed by atoms with Gasteiger partial charge in [-0.15, -0.1) is 10.2 Å². The fraction of sp³-hybridized carbons (Fsp3) is 0.240. The summed E-state index contributed by atoms with van der Waals surface area (Å²) in [5.41, 5.74) is 8.90. The van der Waals surface area contributed by atoms with Gasteiger partial charge in [-0.05, 0) is 42.3 Å². The Morgan fingerprint density at radius 2 is 2.03 bits per heavy atom. The van der Waals surface area contributed by atoms with Crippen LogP contribution in [0.1, 0.15) is 22.5 Å². The maximum atomic E-state index is 15.3. The van der Waals surface area contributed by atoms with Crippen LogP contribution in [0.4, 0.5) is 15.9 Å². The number of benzene rings is 1. The molecule has 5 rings (SSSR count). The van der Waals surface area contributed by atoms with Crippen molar-refractivity contribution in [1.82, 2.24) is 19.8 Å². The van der Waals surface area contributed by atoms with Gasteiger partial charge in [0, 0.05) is 18.3 Å². The van der Waals surface area contributed by atoms with E-state index in [2.05, 4.69) is 20.6 Å². The number of nitrogens with one attached hydrogen (secondary N) is 1. The molecule has 1 aliphatic rings. The zero-order valence-corrected chi connectivity index (χ0v) is 19.4. The Bertz CT molecular complexity index is 1450. The molecule has 4 aromatic rings. The smallest absolute Gasteiger partial charge is 0.252 e. The fourth-order valence-electron chi connectivity index (χ4n) is 4.35. The highest BCUT2D eigenvalue weighted by atomic mass is 19.1. The molecule has 2 atom stereocenters. The SMILES string of the molecule is COc1ccc(-c2cc3c(N[C@@H]4CCN(c5ccc(C#N)nn5)C[C@H]4F)c(C(N)=O)cnn3c2)cc1. The number of nitrogens with zero attached hydrogens (tertiary/aromatic N) is 6. The van der Waals surface area contributed by atoms with E-state index in [9.17, 15) is 4.79 Å². The monoisotopic (exact) mass is 486 g/mol. The van der Waals surface area contributed by atoms with Gasteiger partial charge in [0.15, 0.2) is 11.5 Å². The third kappa shape index (κ3) is 4.36. The summed E-state index contributed by atoms with van der Waals surface area (Å²) < 4.78 is 22.2. The van der Waals surface area contributed by atoms with Gasteiger partial charge in [0.2, 0.25) is 0 Å². The molecule has 4 heterocycles. The van der Waals surface area contributed by atoms with Crippen molar-refractivity contribution in [3.63, 3.8) is 0 Å². The summed E-state index contributed by atoms with van der Waals surface area (Å²) in [7, 11) is 1.61. The summed E-state index contributed by atoms with van der Waals surface area (Å²) in [6.07, 6.45) is 2.42. The van der Waals surface area contributed by atoms with Crippen molar-refractivity contribution in [2.24, 2.45) is 5.73 Å². The van der Waals surface area contributed by atoms with Crippen molar-refractivity contribution in [2.45, 2.75) is 18.6 Å². The molecule has 0 unspecified atom stereocenters. The molecular weight excluding hydrogens is 463 g/mol. The quantitative estimate of drug-likeness (QED) is 0.425. The van der Waals surface area contributed by atoms with E-state index >= 15 is 4.39 Å². The van der Waals surface area contributed by atoms with Gasteiger partial charge in [0.25, 0.3) is 5.91 Å². The summed E-state index contributed by atoms with van der Waals surface area (Å²) in [6, 6.07) is 14.0. The number of primary amides is 1. The normalized spacial score (nSPS) is 17.5. The number of piperidine rings is 1. The molecular formula is C25H23FN8O2. The molecule has 0 radical (unpaired) electrons. The van der Waals surface area contributed by atoms with Crippen LogP contribution in [0.25, 0.3) is 16.6 Å². The molecule has 0 saturated carbocycles. The first-order chi connectivity index (χ1) is 17.5. The zero-order valence-electron chi connectivity index (χ0n) is 19.4. The number of alkyl halides is 1. The molecule has 0 bridgehead atoms. The minimum Gasteiger partial charge on any atom is -0.497 e. The lowest BCUT2D eigenvalue weighted by molar-refractivity contribution is 0.100. The van der Waals surface area contributed by atoms with Crippen molar-refractivity contribution in [1.29, 1.82) is 5.26 Å². The van der Waals surface area contributed by atoms with Crippen molar-refractivity contribution in [3.05, 3.63) is 66.1 Å². The molecule has 1 aromatic carbocycles. The van der Waals surface area contributed by atoms with E-state index in [-0.39, 0.29) is 17.8 Å². The molecule has 1 aliphatic heterocycles. The lowest BCUT2D eigenvalue weighted by atomic mass is 10.0. The first-order valence-electron chi connectivity index (χ1n) is 11.3. The number of hydrogen-bond acceptors (Lipinski definition) is 8. The average Bonchev–Trinajstić information content (AvgIpc) is 3.35. The number of ether oxygens (including phenoxy) is 1. The molecule has 10 nitrogen and oxygen atoms in total. The molecule has 3 N–H and O–H groups in total. The van der Waals surface area contributed by atoms with E-state index in [1.807, 2.05) is 42.6 Å². The number of carbonyl (C=O) groups excluding carboxylic acids is 1. The number of nitrogens with two attached hydrogens (primary N) is 1. The molecule has 1 saturated heterocycles. The van der Waals surface area contributed by atoms with Gasteiger partial charge >= 0.3 is 0 Å². The van der Waals surface area contributed by atoms with Crippen molar-refractivity contribution in [3.8, 4) is 22.9 Å². The maximum Gasteiger partial charge on any atom is 0.252 e. The number of methoxy groups -OCH3 is 1. The molecule has 11 heteroatoms. The van der Waals surface area contributed by atoms with E-state index in [1.54, 1.807) is 28.7 Å². The summed E-state index contributed by atoms with van der Waals surface area (Å²) in [4.78, 5) is 14.0. The summed E-state index contributed by atoms with van der Waals surface area (Å²) in [6.45, 7) is 0.605. The van der Waals surface area contributed by atoms with Crippen LogP contribution in [0.15, 0.2) is 54.9 Å². The van der Waals surface area contributed by atoms with Gasteiger partial charge in [0.05, 0.1) is 42.7 Å². The minimum absolute atomic E-state index is 0.0869. The van der Waals surface area contributed by atoms with E-state index in [0.717, 1.165) is 16.9 Å². The minimum atomic E-state index is -1.26. The number of hydrogen-bond donors (Lipinski definition) is 2. The Labute approximate surface area is 206 Å². The number of nitriles is 1. The highest BCUT2D eigenvalue weighted by molar-refractivity contribution is 6.02. The second-order valence-electron chi connectivity index (χ2n) is 8.47. The highest BCUT2D eigenvalue weighted by Crippen LogP contribution is 2.31. The van der Waals surface area contributed by atoms with Crippen LogP contribution < -0.4 is 20.7 Å². The van der Waals surface area contributed by atoms with Gasteiger partial charge < -0.3 is 20.7 Å². The Kier molecular flexibility index (Phi) is 6.08.